The smallest absolute Gasteiger partial charge is 0.412 e. The lowest BCUT2D eigenvalue weighted by molar-refractivity contribution is -0.111. The van der Waals surface area contributed by atoms with Crippen LogP contribution < -0.4 is 16.4 Å². The molecule has 5 N–H and O–H groups in total. The third-order valence-corrected chi connectivity index (χ3v) is 6.56. The van der Waals surface area contributed by atoms with Gasteiger partial charge in [0.25, 0.3) is 0 Å². The van der Waals surface area contributed by atoms with E-state index in [9.17, 15) is 14.7 Å². The van der Waals surface area contributed by atoms with E-state index in [4.69, 9.17) is 20.5 Å². The van der Waals surface area contributed by atoms with E-state index in [0.717, 1.165) is 0 Å². The minimum atomic E-state index is -0.847. The van der Waals surface area contributed by atoms with Crippen molar-refractivity contribution in [3.05, 3.63) is 108 Å². The minimum Gasteiger partial charge on any atom is -0.507 e. The second kappa shape index (κ2) is 14.3. The average Bonchev–Trinajstić information content (AvgIpc) is 3.00. The minimum absolute atomic E-state index is 0.107. The number of benzene rings is 4. The third-order valence-electron chi connectivity index (χ3n) is 6.56. The normalized spacial score (nSPS) is 12.4. The summed E-state index contributed by atoms with van der Waals surface area (Å²) in [7, 11) is 0. The number of anilines is 3. The Hall–Kier alpha value is -5.33. The largest absolute Gasteiger partial charge is 0.507 e. The molecule has 214 valence electrons. The van der Waals surface area contributed by atoms with Crippen molar-refractivity contribution in [2.45, 2.75) is 32.0 Å². The molecule has 4 aromatic rings. The van der Waals surface area contributed by atoms with Gasteiger partial charge in [-0.1, -0.05) is 48.5 Å². The van der Waals surface area contributed by atoms with Gasteiger partial charge in [0.1, 0.15) is 5.75 Å². The van der Waals surface area contributed by atoms with Crippen LogP contribution in [0.1, 0.15) is 37.0 Å². The van der Waals surface area contributed by atoms with Crippen molar-refractivity contribution >= 4 is 39.8 Å². The van der Waals surface area contributed by atoms with E-state index in [1.807, 2.05) is 31.2 Å². The van der Waals surface area contributed by atoms with Gasteiger partial charge in [-0.05, 0) is 73.7 Å². The number of hydrogen-bond donors (Lipinski definition) is 4. The number of para-hydroxylation sites is 2. The van der Waals surface area contributed by atoms with Gasteiger partial charge in [-0.25, -0.2) is 4.79 Å². The average molecular weight is 565 g/mol. The number of carbonyl (C=O) groups is 2. The lowest BCUT2D eigenvalue weighted by Crippen LogP contribution is -2.29. The molecule has 0 unspecified atom stereocenters. The number of phenols is 1. The Kier molecular flexibility index (Phi) is 10.1. The van der Waals surface area contributed by atoms with Gasteiger partial charge in [-0.2, -0.15) is 5.26 Å². The highest BCUT2D eigenvalue weighted by Gasteiger charge is 2.29. The van der Waals surface area contributed by atoms with Crippen LogP contribution in [0.25, 0.3) is 10.8 Å². The Morgan fingerprint density at radius 3 is 2.40 bits per heavy atom. The van der Waals surface area contributed by atoms with Crippen molar-refractivity contribution in [2.24, 2.45) is 0 Å². The summed E-state index contributed by atoms with van der Waals surface area (Å²) in [6.45, 7) is 2.21. The molecule has 0 aliphatic rings. The number of amides is 2. The van der Waals surface area contributed by atoms with Gasteiger partial charge < -0.3 is 25.6 Å². The van der Waals surface area contributed by atoms with Crippen LogP contribution in [0.2, 0.25) is 0 Å². The molecule has 0 bridgehead atoms. The van der Waals surface area contributed by atoms with Crippen LogP contribution >= 0.6 is 0 Å². The molecule has 2 amide bonds. The number of ether oxygens (including phenoxy) is 2. The first kappa shape index (κ1) is 29.6. The molecule has 4 aromatic carbocycles. The number of nitrogens with one attached hydrogen (secondary N) is 2. The molecule has 0 heterocycles. The summed E-state index contributed by atoms with van der Waals surface area (Å²) >= 11 is 0. The first-order valence-electron chi connectivity index (χ1n) is 13.5. The number of fused-ring (bicyclic) bond motifs is 1. The first-order chi connectivity index (χ1) is 20.4. The molecular formula is C33H32N4O5. The zero-order valence-electron chi connectivity index (χ0n) is 23.1. The summed E-state index contributed by atoms with van der Waals surface area (Å²) in [5.74, 6) is -0.212. The van der Waals surface area contributed by atoms with Crippen molar-refractivity contribution in [3.63, 3.8) is 0 Å². The molecule has 0 saturated heterocycles. The fourth-order valence-corrected chi connectivity index (χ4v) is 4.56. The number of nitrogens with two attached hydrogens (primary N) is 1. The number of nitrogens with zero attached hydrogens (tertiary/aromatic N) is 1. The van der Waals surface area contributed by atoms with E-state index in [1.54, 1.807) is 72.8 Å². The van der Waals surface area contributed by atoms with Crippen molar-refractivity contribution in [1.82, 2.24) is 0 Å². The topological polar surface area (TPSA) is 147 Å². The molecule has 0 fully saturated rings. The second-order valence-electron chi connectivity index (χ2n) is 9.41. The van der Waals surface area contributed by atoms with Gasteiger partial charge >= 0.3 is 6.09 Å². The van der Waals surface area contributed by atoms with E-state index in [1.165, 1.54) is 6.08 Å². The molecule has 2 atom stereocenters. The Morgan fingerprint density at radius 2 is 1.69 bits per heavy atom. The van der Waals surface area contributed by atoms with Crippen molar-refractivity contribution < 1.29 is 24.2 Å². The van der Waals surface area contributed by atoms with Gasteiger partial charge in [0, 0.05) is 23.2 Å². The first-order valence-corrected chi connectivity index (χ1v) is 13.5. The Morgan fingerprint density at radius 1 is 0.976 bits per heavy atom. The van der Waals surface area contributed by atoms with Crippen LogP contribution in [0.15, 0.2) is 97.1 Å². The Labute approximate surface area is 244 Å². The number of nitrogen functional groups attached to an aromatic ring is 1. The van der Waals surface area contributed by atoms with Gasteiger partial charge in [0.2, 0.25) is 5.91 Å². The molecule has 9 heteroatoms. The second-order valence-corrected chi connectivity index (χ2v) is 9.41. The number of allylic oxidation sites excluding steroid dienone is 1. The maximum atomic E-state index is 13.1. The highest BCUT2D eigenvalue weighted by Crippen LogP contribution is 2.36. The van der Waals surface area contributed by atoms with Crippen LogP contribution in [0.5, 0.6) is 5.75 Å². The van der Waals surface area contributed by atoms with Gasteiger partial charge in [0.15, 0.2) is 6.10 Å². The van der Waals surface area contributed by atoms with E-state index in [-0.39, 0.29) is 11.7 Å². The van der Waals surface area contributed by atoms with E-state index >= 15 is 0 Å². The predicted octanol–water partition coefficient (Wildman–Crippen LogP) is 6.67. The summed E-state index contributed by atoms with van der Waals surface area (Å²) in [4.78, 5) is 25.5. The summed E-state index contributed by atoms with van der Waals surface area (Å²) in [6, 6.07) is 26.0. The van der Waals surface area contributed by atoms with Crippen LogP contribution in [0.3, 0.4) is 0 Å². The van der Waals surface area contributed by atoms with Crippen LogP contribution in [-0.2, 0) is 14.3 Å². The van der Waals surface area contributed by atoms with Crippen molar-refractivity contribution in [2.75, 3.05) is 23.0 Å². The maximum Gasteiger partial charge on any atom is 0.412 e. The van der Waals surface area contributed by atoms with Crippen molar-refractivity contribution in [3.8, 4) is 11.8 Å². The quantitative estimate of drug-likeness (QED) is 0.117. The number of nitriles is 1. The maximum absolute atomic E-state index is 13.1. The molecule has 0 aliphatic carbocycles. The van der Waals surface area contributed by atoms with Gasteiger partial charge in [0.05, 0.1) is 29.1 Å². The summed E-state index contributed by atoms with van der Waals surface area (Å²) in [6.07, 6.45) is 1.90. The van der Waals surface area contributed by atoms with E-state index in [0.29, 0.717) is 58.4 Å². The highest BCUT2D eigenvalue weighted by atomic mass is 16.6. The van der Waals surface area contributed by atoms with Crippen LogP contribution in [0.4, 0.5) is 21.9 Å². The molecule has 0 spiro atoms. The van der Waals surface area contributed by atoms with E-state index in [2.05, 4.69) is 10.6 Å². The monoisotopic (exact) mass is 564 g/mol. The standard InChI is InChI=1S/C33H32N4O5/c1-2-41-30(13-7-8-14-31(39)37-28-12-6-5-11-27(28)35)32(26-19-20-29(38)25-10-4-3-9-24(25)26)42-33(40)36-23-17-15-22(21-34)16-18-23/h3-6,8-12,14-20,30,32,38H,2,7,13,35H2,1H3,(H,36,40)(H,37,39)/b14-8+/t30-,32-/m0/s1. The van der Waals surface area contributed by atoms with Gasteiger partial charge in [-0.15, -0.1) is 0 Å². The zero-order chi connectivity index (χ0) is 29.9. The predicted molar refractivity (Wildman–Crippen MR) is 163 cm³/mol. The molecule has 0 aliphatic heterocycles. The molecular weight excluding hydrogens is 532 g/mol. The Balaban J connectivity index is 1.55. The fourth-order valence-electron chi connectivity index (χ4n) is 4.56. The number of phenolic OH excluding ortho intramolecular Hbond substituents is 1. The highest BCUT2D eigenvalue weighted by molar-refractivity contribution is 6.01. The summed E-state index contributed by atoms with van der Waals surface area (Å²) in [5, 5.41) is 26.3. The van der Waals surface area contributed by atoms with Gasteiger partial charge in [-0.3, -0.25) is 10.1 Å². The number of carbonyl (C=O) groups excluding carboxylic acids is 2. The number of aromatic hydroxyl groups is 1. The molecule has 9 nitrogen and oxygen atoms in total. The molecule has 0 saturated carbocycles. The summed E-state index contributed by atoms with van der Waals surface area (Å²) in [5.41, 5.74) is 8.50. The zero-order valence-corrected chi connectivity index (χ0v) is 23.1. The van der Waals surface area contributed by atoms with Crippen molar-refractivity contribution in [1.29, 1.82) is 5.26 Å². The molecule has 0 aromatic heterocycles. The third kappa shape index (κ3) is 7.65. The van der Waals surface area contributed by atoms with E-state index < -0.39 is 18.3 Å². The number of hydrogen-bond acceptors (Lipinski definition) is 7. The fraction of sp³-hybridized carbons (Fsp3) is 0.182. The lowest BCUT2D eigenvalue weighted by atomic mass is 9.94. The number of rotatable bonds is 11. The van der Waals surface area contributed by atoms with Crippen LogP contribution in [-0.4, -0.2) is 29.8 Å². The molecule has 4 rings (SSSR count). The lowest BCUT2D eigenvalue weighted by Gasteiger charge is -2.28. The summed E-state index contributed by atoms with van der Waals surface area (Å²) < 4.78 is 12.1. The van der Waals surface area contributed by atoms with Crippen LogP contribution in [0, 0.1) is 11.3 Å². The SMILES string of the molecule is CCO[C@@H](CC/C=C/C(=O)Nc1ccccc1N)[C@@H](OC(=O)Nc1ccc(C#N)cc1)c1ccc(O)c2ccccc12. The molecule has 0 radical (unpaired) electrons. The molecule has 42 heavy (non-hydrogen) atoms. The Bertz CT molecular complexity index is 1610.